The number of benzene rings is 3. The van der Waals surface area contributed by atoms with Crippen molar-refractivity contribution in [3.63, 3.8) is 0 Å². The number of fused-ring (bicyclic) bond motifs is 2. The Kier molecular flexibility index (Phi) is 3.76. The monoisotopic (exact) mass is 343 g/mol. The van der Waals surface area contributed by atoms with Crippen LogP contribution in [0, 0.1) is 0 Å². The fourth-order valence-corrected chi connectivity index (χ4v) is 3.90. The van der Waals surface area contributed by atoms with Crippen LogP contribution in [0.5, 0.6) is 0 Å². The van der Waals surface area contributed by atoms with E-state index in [1.54, 1.807) is 0 Å². The highest BCUT2D eigenvalue weighted by molar-refractivity contribution is 6.11. The van der Waals surface area contributed by atoms with E-state index >= 15 is 0 Å². The lowest BCUT2D eigenvalue weighted by Gasteiger charge is -2.30. The summed E-state index contributed by atoms with van der Waals surface area (Å²) in [5.41, 5.74) is 0.610. The largest absolute Gasteiger partial charge is 0.264 e. The maximum Gasteiger partial charge on any atom is 0.134 e. The van der Waals surface area contributed by atoms with Gasteiger partial charge in [0, 0.05) is 0 Å². The van der Waals surface area contributed by atoms with Gasteiger partial charge in [0.15, 0.2) is 0 Å². The first kappa shape index (κ1) is 17.0. The van der Waals surface area contributed by atoms with Crippen molar-refractivity contribution in [2.45, 2.75) is 38.9 Å². The molecular formula is C23H23N2O. The Hall–Kier alpha value is -2.49. The minimum Gasteiger partial charge on any atom is -0.264 e. The summed E-state index contributed by atoms with van der Waals surface area (Å²) in [7, 11) is 0. The van der Waals surface area contributed by atoms with Crippen molar-refractivity contribution in [3.8, 4) is 0 Å². The van der Waals surface area contributed by atoms with Crippen LogP contribution >= 0.6 is 0 Å². The second-order valence-corrected chi connectivity index (χ2v) is 7.91. The summed E-state index contributed by atoms with van der Waals surface area (Å²) in [4.78, 5) is 4.67. The normalized spacial score (nSPS) is 19.5. The number of hydroxylamine groups is 2. The summed E-state index contributed by atoms with van der Waals surface area (Å²) in [5.74, 6) is 0. The Labute approximate surface area is 154 Å². The molecule has 1 aliphatic rings. The lowest BCUT2D eigenvalue weighted by Crippen LogP contribution is -2.48. The number of aliphatic imine (C=N–C) groups is 1. The Morgan fingerprint density at radius 3 is 1.88 bits per heavy atom. The van der Waals surface area contributed by atoms with Gasteiger partial charge in [-0.15, -0.1) is 10.3 Å². The molecule has 131 valence electrons. The summed E-state index contributed by atoms with van der Waals surface area (Å²) in [6, 6.07) is 19.0. The Balaban J connectivity index is 1.90. The lowest BCUT2D eigenvalue weighted by atomic mass is 9.94. The summed E-state index contributed by atoms with van der Waals surface area (Å²) in [5, 5.41) is 18.5. The third-order valence-corrected chi connectivity index (χ3v) is 5.25. The van der Waals surface area contributed by atoms with Crippen LogP contribution in [0.25, 0.3) is 27.6 Å². The fourth-order valence-electron chi connectivity index (χ4n) is 3.90. The van der Waals surface area contributed by atoms with E-state index in [1.165, 1.54) is 27.1 Å². The van der Waals surface area contributed by atoms with Gasteiger partial charge in [0.2, 0.25) is 0 Å². The highest BCUT2D eigenvalue weighted by atomic mass is 16.5. The second-order valence-electron chi connectivity index (χ2n) is 7.91. The summed E-state index contributed by atoms with van der Waals surface area (Å²) < 4.78 is 0. The van der Waals surface area contributed by atoms with Gasteiger partial charge in [-0.3, -0.25) is 4.99 Å². The van der Waals surface area contributed by atoms with Crippen LogP contribution in [0.3, 0.4) is 0 Å². The molecule has 0 spiro atoms. The van der Waals surface area contributed by atoms with Crippen molar-refractivity contribution in [1.82, 2.24) is 5.06 Å². The van der Waals surface area contributed by atoms with Gasteiger partial charge in [-0.2, -0.15) is 0 Å². The van der Waals surface area contributed by atoms with Gasteiger partial charge in [-0.1, -0.05) is 54.6 Å². The molecule has 0 atom stereocenters. The van der Waals surface area contributed by atoms with Crippen molar-refractivity contribution in [3.05, 3.63) is 66.2 Å². The highest BCUT2D eigenvalue weighted by Gasteiger charge is 2.47. The van der Waals surface area contributed by atoms with Crippen molar-refractivity contribution < 1.29 is 5.21 Å². The molecule has 3 aromatic rings. The quantitative estimate of drug-likeness (QED) is 0.556. The van der Waals surface area contributed by atoms with Crippen LogP contribution in [0.4, 0.5) is 0 Å². The molecule has 3 nitrogen and oxygen atoms in total. The summed E-state index contributed by atoms with van der Waals surface area (Å²) >= 11 is 0. The van der Waals surface area contributed by atoms with Crippen molar-refractivity contribution in [1.29, 1.82) is 0 Å². The van der Waals surface area contributed by atoms with E-state index in [9.17, 15) is 5.21 Å². The van der Waals surface area contributed by atoms with Gasteiger partial charge in [0.05, 0.1) is 11.3 Å². The standard InChI is InChI=1S/C23H23N2O/c1-22(2)21(24-23(3,4)25(22)26)14-13-20-18-11-7-5-9-16(18)15-17-10-6-8-12-19(17)20/h5-15H,1-4H3/b14-13+. The van der Waals surface area contributed by atoms with E-state index in [0.29, 0.717) is 0 Å². The molecule has 3 aromatic carbocycles. The van der Waals surface area contributed by atoms with Crippen molar-refractivity contribution >= 4 is 33.3 Å². The van der Waals surface area contributed by atoms with E-state index in [-0.39, 0.29) is 0 Å². The number of hydrogen-bond donors (Lipinski definition) is 0. The topological polar surface area (TPSA) is 35.5 Å². The number of hydrogen-bond acceptors (Lipinski definition) is 2. The molecule has 0 aliphatic carbocycles. The van der Waals surface area contributed by atoms with E-state index in [1.807, 2.05) is 33.8 Å². The molecule has 1 radical (unpaired) electrons. The van der Waals surface area contributed by atoms with Crippen LogP contribution in [-0.2, 0) is 5.21 Å². The highest BCUT2D eigenvalue weighted by Crippen LogP contribution is 2.35. The molecule has 4 rings (SSSR count). The maximum atomic E-state index is 12.6. The van der Waals surface area contributed by atoms with Crippen LogP contribution in [0.1, 0.15) is 33.3 Å². The zero-order valence-corrected chi connectivity index (χ0v) is 15.7. The summed E-state index contributed by atoms with van der Waals surface area (Å²) in [6.07, 6.45) is 4.12. The van der Waals surface area contributed by atoms with Crippen LogP contribution in [0.15, 0.2) is 65.7 Å². The Bertz CT molecular complexity index is 1010. The van der Waals surface area contributed by atoms with Crippen LogP contribution in [0.2, 0.25) is 0 Å². The first-order valence-electron chi connectivity index (χ1n) is 8.97. The number of nitrogens with zero attached hydrogens (tertiary/aromatic N) is 2. The van der Waals surface area contributed by atoms with Gasteiger partial charge >= 0.3 is 0 Å². The van der Waals surface area contributed by atoms with E-state index in [4.69, 9.17) is 0 Å². The predicted octanol–water partition coefficient (Wildman–Crippen LogP) is 5.62. The molecular weight excluding hydrogens is 320 g/mol. The predicted molar refractivity (Wildman–Crippen MR) is 109 cm³/mol. The van der Waals surface area contributed by atoms with Gasteiger partial charge in [0.25, 0.3) is 0 Å². The average molecular weight is 343 g/mol. The molecule has 26 heavy (non-hydrogen) atoms. The molecule has 0 amide bonds. The number of rotatable bonds is 2. The molecule has 3 heteroatoms. The molecule has 0 saturated heterocycles. The smallest absolute Gasteiger partial charge is 0.134 e. The molecule has 0 fully saturated rings. The molecule has 0 aromatic heterocycles. The van der Waals surface area contributed by atoms with Gasteiger partial charge in [-0.25, -0.2) is 0 Å². The minimum absolute atomic E-state index is 0.639. The first-order chi connectivity index (χ1) is 12.3. The van der Waals surface area contributed by atoms with Gasteiger partial charge in [-0.05, 0) is 66.9 Å². The van der Waals surface area contributed by atoms with Crippen LogP contribution < -0.4 is 0 Å². The third-order valence-electron chi connectivity index (χ3n) is 5.25. The molecule has 0 N–H and O–H groups in total. The Morgan fingerprint density at radius 1 is 0.846 bits per heavy atom. The van der Waals surface area contributed by atoms with Crippen LogP contribution in [-0.4, -0.2) is 22.0 Å². The van der Waals surface area contributed by atoms with Crippen molar-refractivity contribution in [2.24, 2.45) is 4.99 Å². The van der Waals surface area contributed by atoms with Gasteiger partial charge in [0.1, 0.15) is 5.66 Å². The molecule has 0 unspecified atom stereocenters. The van der Waals surface area contributed by atoms with E-state index in [2.05, 4.69) is 65.7 Å². The summed E-state index contributed by atoms with van der Waals surface area (Å²) in [6.45, 7) is 7.57. The molecule has 1 aliphatic heterocycles. The maximum absolute atomic E-state index is 12.6. The Morgan fingerprint density at radius 2 is 1.38 bits per heavy atom. The molecule has 1 heterocycles. The zero-order chi connectivity index (χ0) is 18.5. The lowest BCUT2D eigenvalue weighted by molar-refractivity contribution is -0.240. The average Bonchev–Trinajstić information content (AvgIpc) is 2.78. The first-order valence-corrected chi connectivity index (χ1v) is 8.97. The van der Waals surface area contributed by atoms with E-state index in [0.717, 1.165) is 10.8 Å². The second kappa shape index (κ2) is 5.76. The van der Waals surface area contributed by atoms with E-state index < -0.39 is 11.2 Å². The SMILES string of the molecule is CC1(C)N=C(/C=C/c2c3ccccc3cc3ccccc23)C(C)(C)N1[O]. The van der Waals surface area contributed by atoms with Crippen molar-refractivity contribution in [2.75, 3.05) is 0 Å². The molecule has 0 bridgehead atoms. The fraction of sp³-hybridized carbons (Fsp3) is 0.261. The molecule has 0 saturated carbocycles. The minimum atomic E-state index is -0.732. The third kappa shape index (κ3) is 2.56. The zero-order valence-electron chi connectivity index (χ0n) is 15.7. The van der Waals surface area contributed by atoms with Gasteiger partial charge < -0.3 is 0 Å².